The summed E-state index contributed by atoms with van der Waals surface area (Å²) in [5, 5.41) is 0. The van der Waals surface area contributed by atoms with Gasteiger partial charge in [0.25, 0.3) is 0 Å². The molecule has 1 unspecified atom stereocenters. The van der Waals surface area contributed by atoms with Crippen LogP contribution in [0.5, 0.6) is 0 Å². The Balaban J connectivity index is 2.45. The van der Waals surface area contributed by atoms with E-state index in [9.17, 15) is 9.46 Å². The average molecular weight is 232 g/mol. The SMILES string of the molecule is CCOP(=O)(O)CSc1ccccc1. The maximum absolute atomic E-state index is 11.3. The Morgan fingerprint density at radius 2 is 2.07 bits per heavy atom. The summed E-state index contributed by atoms with van der Waals surface area (Å²) >= 11 is 1.33. The summed E-state index contributed by atoms with van der Waals surface area (Å²) in [5.74, 6) is 0. The maximum atomic E-state index is 11.3. The molecule has 1 rings (SSSR count). The maximum Gasteiger partial charge on any atom is 0.338 e. The van der Waals surface area contributed by atoms with Crippen LogP contribution in [0.3, 0.4) is 0 Å². The minimum Gasteiger partial charge on any atom is -0.324 e. The lowest BCUT2D eigenvalue weighted by Gasteiger charge is -2.09. The van der Waals surface area contributed by atoms with Crippen molar-refractivity contribution in [2.45, 2.75) is 11.8 Å². The van der Waals surface area contributed by atoms with E-state index in [1.54, 1.807) is 6.92 Å². The van der Waals surface area contributed by atoms with Crippen LogP contribution in [-0.4, -0.2) is 17.0 Å². The van der Waals surface area contributed by atoms with E-state index in [1.165, 1.54) is 11.8 Å². The van der Waals surface area contributed by atoms with Crippen molar-refractivity contribution in [1.82, 2.24) is 0 Å². The van der Waals surface area contributed by atoms with Crippen molar-refractivity contribution in [3.8, 4) is 0 Å². The van der Waals surface area contributed by atoms with E-state index in [0.717, 1.165) is 4.90 Å². The molecule has 0 heterocycles. The number of benzene rings is 1. The fraction of sp³-hybridized carbons (Fsp3) is 0.333. The normalized spacial score (nSPS) is 15.0. The van der Waals surface area contributed by atoms with Gasteiger partial charge >= 0.3 is 7.60 Å². The predicted octanol–water partition coefficient (Wildman–Crippen LogP) is 2.96. The molecule has 0 fully saturated rings. The van der Waals surface area contributed by atoms with Crippen LogP contribution < -0.4 is 0 Å². The number of hydrogen-bond acceptors (Lipinski definition) is 3. The van der Waals surface area contributed by atoms with E-state index in [2.05, 4.69) is 0 Å². The van der Waals surface area contributed by atoms with E-state index in [4.69, 9.17) is 4.52 Å². The van der Waals surface area contributed by atoms with Gasteiger partial charge in [0.1, 0.15) is 5.49 Å². The molecule has 3 nitrogen and oxygen atoms in total. The Hall–Kier alpha value is -0.280. The molecule has 1 N–H and O–H groups in total. The van der Waals surface area contributed by atoms with Crippen LogP contribution >= 0.6 is 19.4 Å². The molecule has 1 aromatic rings. The molecule has 0 aliphatic heterocycles. The average Bonchev–Trinajstić information content (AvgIpc) is 2.17. The molecule has 0 bridgehead atoms. The fourth-order valence-corrected chi connectivity index (χ4v) is 3.21. The first-order valence-corrected chi connectivity index (χ1v) is 7.03. The van der Waals surface area contributed by atoms with Crippen LogP contribution in [-0.2, 0) is 9.09 Å². The molecular formula is C9H13O3PS. The fourth-order valence-electron chi connectivity index (χ4n) is 0.912. The summed E-state index contributed by atoms with van der Waals surface area (Å²) in [6.45, 7) is 1.97. The second-order valence-electron chi connectivity index (χ2n) is 2.64. The smallest absolute Gasteiger partial charge is 0.324 e. The second-order valence-corrected chi connectivity index (χ2v) is 5.97. The molecule has 0 aliphatic carbocycles. The highest BCUT2D eigenvalue weighted by molar-refractivity contribution is 8.04. The number of rotatable bonds is 5. The minimum atomic E-state index is -3.40. The molecule has 14 heavy (non-hydrogen) atoms. The van der Waals surface area contributed by atoms with Crippen molar-refractivity contribution in [1.29, 1.82) is 0 Å². The molecule has 0 saturated carbocycles. The van der Waals surface area contributed by atoms with Gasteiger partial charge in [-0.1, -0.05) is 18.2 Å². The zero-order chi connectivity index (χ0) is 10.4. The van der Waals surface area contributed by atoms with Crippen molar-refractivity contribution in [3.63, 3.8) is 0 Å². The number of thioether (sulfide) groups is 1. The Bertz CT molecular complexity index is 315. The van der Waals surface area contributed by atoms with E-state index < -0.39 is 7.60 Å². The molecule has 78 valence electrons. The molecule has 0 radical (unpaired) electrons. The van der Waals surface area contributed by atoms with E-state index in [0.29, 0.717) is 0 Å². The number of hydrogen-bond donors (Lipinski definition) is 1. The van der Waals surface area contributed by atoms with Gasteiger partial charge in [0, 0.05) is 4.90 Å². The third kappa shape index (κ3) is 4.29. The van der Waals surface area contributed by atoms with Crippen molar-refractivity contribution < 1.29 is 14.0 Å². The van der Waals surface area contributed by atoms with Gasteiger partial charge in [-0.2, -0.15) is 0 Å². The quantitative estimate of drug-likeness (QED) is 0.626. The highest BCUT2D eigenvalue weighted by atomic mass is 32.2. The minimum absolute atomic E-state index is 0.102. The summed E-state index contributed by atoms with van der Waals surface area (Å²) in [6, 6.07) is 9.50. The predicted molar refractivity (Wildman–Crippen MR) is 58.6 cm³/mol. The largest absolute Gasteiger partial charge is 0.338 e. The first-order valence-electron chi connectivity index (χ1n) is 4.28. The van der Waals surface area contributed by atoms with Gasteiger partial charge < -0.3 is 9.42 Å². The van der Waals surface area contributed by atoms with Crippen molar-refractivity contribution in [2.24, 2.45) is 0 Å². The molecule has 0 saturated heterocycles. The molecule has 1 aromatic carbocycles. The zero-order valence-corrected chi connectivity index (χ0v) is 9.63. The third-order valence-corrected chi connectivity index (χ3v) is 4.56. The van der Waals surface area contributed by atoms with Crippen molar-refractivity contribution in [2.75, 3.05) is 12.1 Å². The van der Waals surface area contributed by atoms with Gasteiger partial charge in [-0.25, -0.2) is 0 Å². The van der Waals surface area contributed by atoms with E-state index in [-0.39, 0.29) is 12.1 Å². The molecule has 0 amide bonds. The third-order valence-electron chi connectivity index (χ3n) is 1.47. The lowest BCUT2D eigenvalue weighted by molar-refractivity contribution is 0.278. The molecule has 0 aromatic heterocycles. The van der Waals surface area contributed by atoms with E-state index in [1.807, 2.05) is 30.3 Å². The molecule has 0 aliphatic rings. The second kappa shape index (κ2) is 5.56. The summed E-state index contributed by atoms with van der Waals surface area (Å²) in [4.78, 5) is 10.3. The summed E-state index contributed by atoms with van der Waals surface area (Å²) in [6.07, 6.45) is 0. The highest BCUT2D eigenvalue weighted by Crippen LogP contribution is 2.46. The Labute approximate surface area is 88.0 Å². The summed E-state index contributed by atoms with van der Waals surface area (Å²) < 4.78 is 16.0. The lowest BCUT2D eigenvalue weighted by Crippen LogP contribution is -1.90. The Morgan fingerprint density at radius 1 is 1.43 bits per heavy atom. The van der Waals surface area contributed by atoms with Crippen LogP contribution in [0.2, 0.25) is 0 Å². The Kier molecular flexibility index (Phi) is 4.69. The molecular weight excluding hydrogens is 219 g/mol. The van der Waals surface area contributed by atoms with E-state index >= 15 is 0 Å². The van der Waals surface area contributed by atoms with Gasteiger partial charge in [-0.05, 0) is 19.1 Å². The van der Waals surface area contributed by atoms with Crippen LogP contribution in [0.4, 0.5) is 0 Å². The van der Waals surface area contributed by atoms with Gasteiger partial charge in [-0.15, -0.1) is 11.8 Å². The van der Waals surface area contributed by atoms with Gasteiger partial charge in [-0.3, -0.25) is 4.57 Å². The Morgan fingerprint density at radius 3 is 2.64 bits per heavy atom. The topological polar surface area (TPSA) is 46.5 Å². The summed E-state index contributed by atoms with van der Waals surface area (Å²) in [5.41, 5.74) is 0.102. The lowest BCUT2D eigenvalue weighted by atomic mass is 10.4. The molecule has 1 atom stereocenters. The highest BCUT2D eigenvalue weighted by Gasteiger charge is 2.18. The van der Waals surface area contributed by atoms with Crippen molar-refractivity contribution >= 4 is 19.4 Å². The van der Waals surface area contributed by atoms with Crippen LogP contribution in [0, 0.1) is 0 Å². The molecule has 5 heteroatoms. The summed E-state index contributed by atoms with van der Waals surface area (Å²) in [7, 11) is -3.40. The van der Waals surface area contributed by atoms with Crippen LogP contribution in [0.25, 0.3) is 0 Å². The zero-order valence-electron chi connectivity index (χ0n) is 7.92. The first-order chi connectivity index (χ1) is 6.64. The monoisotopic (exact) mass is 232 g/mol. The van der Waals surface area contributed by atoms with Gasteiger partial charge in [0.15, 0.2) is 0 Å². The van der Waals surface area contributed by atoms with Gasteiger partial charge in [0.05, 0.1) is 6.61 Å². The van der Waals surface area contributed by atoms with Crippen LogP contribution in [0.15, 0.2) is 35.2 Å². The van der Waals surface area contributed by atoms with Gasteiger partial charge in [0.2, 0.25) is 0 Å². The first kappa shape index (κ1) is 11.8. The van der Waals surface area contributed by atoms with Crippen LogP contribution in [0.1, 0.15) is 6.92 Å². The van der Waals surface area contributed by atoms with Crippen molar-refractivity contribution in [3.05, 3.63) is 30.3 Å². The molecule has 0 spiro atoms. The standard InChI is InChI=1S/C9H13O3PS/c1-2-12-13(10,11)8-14-9-6-4-3-5-7-9/h3-7H,2,8H2,1H3,(H,10,11).